The second kappa shape index (κ2) is 4.67. The second-order valence-electron chi connectivity index (χ2n) is 2.86. The maximum Gasteiger partial charge on any atom is 0.270 e. The Bertz CT molecular complexity index is 485. The minimum Gasteiger partial charge on any atom is -0.343 e. The number of pyridine rings is 1. The first-order valence-electron chi connectivity index (χ1n) is 4.39. The van der Waals surface area contributed by atoms with Gasteiger partial charge in [0, 0.05) is 0 Å². The zero-order valence-electron chi connectivity index (χ0n) is 8.01. The molecule has 16 heavy (non-hydrogen) atoms. The molecule has 2 aromatic rings. The number of aromatic amines is 1. The lowest BCUT2D eigenvalue weighted by Crippen LogP contribution is -2.24. The Morgan fingerprint density at radius 3 is 3.06 bits per heavy atom. The molecule has 0 radical (unpaired) electrons. The Morgan fingerprint density at radius 1 is 1.50 bits per heavy atom. The lowest BCUT2D eigenvalue weighted by Gasteiger charge is -2.01. The number of amides is 1. The lowest BCUT2D eigenvalue weighted by atomic mass is 10.3. The van der Waals surface area contributed by atoms with Gasteiger partial charge in [-0.05, 0) is 12.1 Å². The van der Waals surface area contributed by atoms with E-state index in [1.807, 2.05) is 0 Å². The molecule has 7 nitrogen and oxygen atoms in total. The Morgan fingerprint density at radius 2 is 2.38 bits per heavy atom. The quantitative estimate of drug-likeness (QED) is 0.744. The van der Waals surface area contributed by atoms with Crippen LogP contribution in [-0.2, 0) is 6.54 Å². The molecule has 0 fully saturated rings. The van der Waals surface area contributed by atoms with Gasteiger partial charge in [0.05, 0.1) is 6.54 Å². The monoisotopic (exact) mass is 238 g/mol. The normalized spacial score (nSPS) is 10.1. The first-order chi connectivity index (χ1) is 7.75. The molecule has 0 aliphatic heterocycles. The zero-order chi connectivity index (χ0) is 11.4. The van der Waals surface area contributed by atoms with Crippen molar-refractivity contribution in [1.29, 1.82) is 0 Å². The average molecular weight is 239 g/mol. The fraction of sp³-hybridized carbons (Fsp3) is 0.125. The highest BCUT2D eigenvalue weighted by Gasteiger charge is 2.08. The van der Waals surface area contributed by atoms with Gasteiger partial charge in [0.25, 0.3) is 5.91 Å². The van der Waals surface area contributed by atoms with Gasteiger partial charge in [0.2, 0.25) is 0 Å². The minimum absolute atomic E-state index is 0.184. The van der Waals surface area contributed by atoms with Gasteiger partial charge in [-0.15, -0.1) is 10.2 Å². The van der Waals surface area contributed by atoms with Gasteiger partial charge < -0.3 is 5.32 Å². The predicted octanol–water partition coefficient (Wildman–Crippen LogP) is 0.178. The van der Waals surface area contributed by atoms with Crippen molar-refractivity contribution in [2.75, 3.05) is 0 Å². The number of aromatic nitrogens is 5. The number of nitrogens with one attached hydrogen (secondary N) is 2. The molecule has 0 aromatic carbocycles. The Labute approximate surface area is 95.2 Å². The van der Waals surface area contributed by atoms with Gasteiger partial charge in [-0.3, -0.25) is 4.79 Å². The molecule has 82 valence electrons. The topological polar surface area (TPSA) is 96.5 Å². The molecule has 0 spiro atoms. The molecule has 0 saturated carbocycles. The summed E-state index contributed by atoms with van der Waals surface area (Å²) in [6, 6.07) is 4.81. The SMILES string of the molecule is O=C(NCc1nn[nH]n1)c1cccc(Cl)n1. The largest absolute Gasteiger partial charge is 0.343 e. The summed E-state index contributed by atoms with van der Waals surface area (Å²) in [7, 11) is 0. The van der Waals surface area contributed by atoms with Gasteiger partial charge in [0.15, 0.2) is 5.82 Å². The van der Waals surface area contributed by atoms with Gasteiger partial charge in [-0.1, -0.05) is 22.9 Å². The van der Waals surface area contributed by atoms with E-state index in [1.54, 1.807) is 18.2 Å². The van der Waals surface area contributed by atoms with Crippen LogP contribution in [0.3, 0.4) is 0 Å². The molecular weight excluding hydrogens is 232 g/mol. The summed E-state index contributed by atoms with van der Waals surface area (Å²) >= 11 is 5.66. The summed E-state index contributed by atoms with van der Waals surface area (Å²) in [5.74, 6) is 0.0580. The van der Waals surface area contributed by atoms with Crippen LogP contribution in [0.4, 0.5) is 0 Å². The van der Waals surface area contributed by atoms with Crippen LogP contribution in [0.2, 0.25) is 5.15 Å². The second-order valence-corrected chi connectivity index (χ2v) is 3.24. The van der Waals surface area contributed by atoms with Crippen molar-refractivity contribution in [2.45, 2.75) is 6.54 Å². The first-order valence-corrected chi connectivity index (χ1v) is 4.76. The fourth-order valence-electron chi connectivity index (χ4n) is 1.04. The van der Waals surface area contributed by atoms with Crippen molar-refractivity contribution in [3.05, 3.63) is 34.9 Å². The highest BCUT2D eigenvalue weighted by Crippen LogP contribution is 2.04. The molecular formula is C8H7ClN6O. The number of halogens is 1. The number of nitrogens with zero attached hydrogens (tertiary/aromatic N) is 4. The van der Waals surface area contributed by atoms with E-state index in [0.717, 1.165) is 0 Å². The van der Waals surface area contributed by atoms with Crippen molar-refractivity contribution in [3.8, 4) is 0 Å². The number of carbonyl (C=O) groups excluding carboxylic acids is 1. The molecule has 0 aliphatic carbocycles. The van der Waals surface area contributed by atoms with Crippen LogP contribution in [0.25, 0.3) is 0 Å². The van der Waals surface area contributed by atoms with E-state index in [2.05, 4.69) is 30.9 Å². The maximum atomic E-state index is 11.6. The maximum absolute atomic E-state index is 11.6. The highest BCUT2D eigenvalue weighted by molar-refractivity contribution is 6.29. The van der Waals surface area contributed by atoms with E-state index in [0.29, 0.717) is 5.82 Å². The zero-order valence-corrected chi connectivity index (χ0v) is 8.77. The molecule has 2 rings (SSSR count). The number of carbonyl (C=O) groups is 1. The van der Waals surface area contributed by atoms with Crippen LogP contribution in [-0.4, -0.2) is 31.5 Å². The molecule has 0 atom stereocenters. The summed E-state index contributed by atoms with van der Waals surface area (Å²) in [4.78, 5) is 15.4. The van der Waals surface area contributed by atoms with Crippen LogP contribution in [0.1, 0.15) is 16.3 Å². The van der Waals surface area contributed by atoms with Crippen LogP contribution < -0.4 is 5.32 Å². The van der Waals surface area contributed by atoms with Crippen LogP contribution in [0.5, 0.6) is 0 Å². The van der Waals surface area contributed by atoms with E-state index in [1.165, 1.54) is 0 Å². The molecule has 8 heteroatoms. The van der Waals surface area contributed by atoms with Crippen molar-refractivity contribution in [1.82, 2.24) is 30.9 Å². The molecule has 0 saturated heterocycles. The van der Waals surface area contributed by atoms with Gasteiger partial charge in [0.1, 0.15) is 10.8 Å². The van der Waals surface area contributed by atoms with Crippen LogP contribution in [0, 0.1) is 0 Å². The number of H-pyrrole nitrogens is 1. The molecule has 0 unspecified atom stereocenters. The third-order valence-electron chi connectivity index (χ3n) is 1.74. The van der Waals surface area contributed by atoms with Crippen molar-refractivity contribution in [3.63, 3.8) is 0 Å². The Hall–Kier alpha value is -2.02. The van der Waals surface area contributed by atoms with Gasteiger partial charge >= 0.3 is 0 Å². The highest BCUT2D eigenvalue weighted by atomic mass is 35.5. The molecule has 2 N–H and O–H groups in total. The number of rotatable bonds is 3. The smallest absolute Gasteiger partial charge is 0.270 e. The molecule has 2 aromatic heterocycles. The summed E-state index contributed by atoms with van der Waals surface area (Å²) in [5.41, 5.74) is 0.246. The van der Waals surface area contributed by atoms with Crippen LogP contribution >= 0.6 is 11.6 Å². The summed E-state index contributed by atoms with van der Waals surface area (Å²) < 4.78 is 0. The van der Waals surface area contributed by atoms with E-state index < -0.39 is 0 Å². The standard InChI is InChI=1S/C8H7ClN6O/c9-6-3-1-2-5(11-6)8(16)10-4-7-12-14-15-13-7/h1-3H,4H2,(H,10,16)(H,12,13,14,15). The van der Waals surface area contributed by atoms with Crippen molar-refractivity contribution in [2.24, 2.45) is 0 Å². The summed E-state index contributed by atoms with van der Waals surface area (Å²) in [6.45, 7) is 0.184. The third-order valence-corrected chi connectivity index (χ3v) is 1.95. The van der Waals surface area contributed by atoms with Gasteiger partial charge in [-0.2, -0.15) is 5.21 Å². The third kappa shape index (κ3) is 2.51. The molecule has 0 aliphatic rings. The average Bonchev–Trinajstić information content (AvgIpc) is 2.78. The predicted molar refractivity (Wildman–Crippen MR) is 54.6 cm³/mol. The fourth-order valence-corrected chi connectivity index (χ4v) is 1.21. The Balaban J connectivity index is 1.98. The molecule has 2 heterocycles. The van der Waals surface area contributed by atoms with Crippen LogP contribution in [0.15, 0.2) is 18.2 Å². The van der Waals surface area contributed by atoms with Crippen molar-refractivity contribution >= 4 is 17.5 Å². The van der Waals surface area contributed by atoms with E-state index in [9.17, 15) is 4.79 Å². The number of tetrazole rings is 1. The van der Waals surface area contributed by atoms with E-state index in [4.69, 9.17) is 11.6 Å². The Kier molecular flexibility index (Phi) is 3.06. The minimum atomic E-state index is -0.340. The summed E-state index contributed by atoms with van der Waals surface area (Å²) in [6.07, 6.45) is 0. The van der Waals surface area contributed by atoms with Gasteiger partial charge in [-0.25, -0.2) is 4.98 Å². The lowest BCUT2D eigenvalue weighted by molar-refractivity contribution is 0.0945. The molecule has 0 bridgehead atoms. The van der Waals surface area contributed by atoms with E-state index in [-0.39, 0.29) is 23.3 Å². The first kappa shape index (κ1) is 10.5. The van der Waals surface area contributed by atoms with E-state index >= 15 is 0 Å². The summed E-state index contributed by atoms with van der Waals surface area (Å²) in [5, 5.41) is 15.9. The molecule has 1 amide bonds. The van der Waals surface area contributed by atoms with Crippen molar-refractivity contribution < 1.29 is 4.79 Å². The number of hydrogen-bond donors (Lipinski definition) is 2. The number of hydrogen-bond acceptors (Lipinski definition) is 5.